The van der Waals surface area contributed by atoms with Gasteiger partial charge in [-0.1, -0.05) is 0 Å². The Bertz CT molecular complexity index is 535. The monoisotopic (exact) mass is 378 g/mol. The number of urea groups is 1. The van der Waals surface area contributed by atoms with Gasteiger partial charge in [-0.15, -0.1) is 0 Å². The molecule has 0 unspecified atom stereocenters. The lowest BCUT2D eigenvalue weighted by molar-refractivity contribution is -0.143. The molecule has 0 aromatic carbocycles. The molecule has 0 bridgehead atoms. The Morgan fingerprint density at radius 2 is 1.33 bits per heavy atom. The summed E-state index contributed by atoms with van der Waals surface area (Å²) in [6.45, 7) is 6.15. The van der Waals surface area contributed by atoms with Gasteiger partial charge in [0.1, 0.15) is 0 Å². The molecule has 2 N–H and O–H groups in total. The third-order valence-corrected chi connectivity index (χ3v) is 7.32. The molecule has 4 rings (SSSR count). The van der Waals surface area contributed by atoms with E-state index in [9.17, 15) is 14.7 Å². The number of hydrogen-bond donors (Lipinski definition) is 2. The summed E-state index contributed by atoms with van der Waals surface area (Å²) in [7, 11) is 0. The zero-order valence-corrected chi connectivity index (χ0v) is 16.3. The number of piperidine rings is 2. The number of likely N-dealkylation sites (tertiary alicyclic amines) is 1. The van der Waals surface area contributed by atoms with Crippen molar-refractivity contribution in [3.8, 4) is 0 Å². The second-order valence-electron chi connectivity index (χ2n) is 8.76. The van der Waals surface area contributed by atoms with Crippen molar-refractivity contribution in [2.24, 2.45) is 5.92 Å². The van der Waals surface area contributed by atoms with Gasteiger partial charge in [0.05, 0.1) is 5.92 Å². The molecule has 27 heavy (non-hydrogen) atoms. The van der Waals surface area contributed by atoms with Crippen molar-refractivity contribution in [2.75, 3.05) is 39.3 Å². The van der Waals surface area contributed by atoms with Crippen LogP contribution in [0.3, 0.4) is 0 Å². The molecule has 4 fully saturated rings. The van der Waals surface area contributed by atoms with Crippen LogP contribution in [-0.2, 0) is 4.79 Å². The number of carbonyl (C=O) groups excluding carboxylic acids is 1. The Kier molecular flexibility index (Phi) is 5.88. The summed E-state index contributed by atoms with van der Waals surface area (Å²) in [5.41, 5.74) is 0. The number of carboxylic acids is 1. The lowest BCUT2D eigenvalue weighted by Gasteiger charge is -2.42. The van der Waals surface area contributed by atoms with E-state index in [1.54, 1.807) is 0 Å². The van der Waals surface area contributed by atoms with E-state index >= 15 is 0 Å². The maximum atomic E-state index is 13.0. The SMILES string of the molecule is O=C(O)C1CCC(N2CCN(C3CCN(C4CCNCC4)CC3)C2=O)CC1. The van der Waals surface area contributed by atoms with E-state index in [-0.39, 0.29) is 18.0 Å². The second-order valence-corrected chi connectivity index (χ2v) is 8.76. The standard InChI is InChI=1S/C20H34N4O3/c25-19(26)15-1-3-17(4-2-15)23-13-14-24(20(23)27)18-7-11-22(12-8-18)16-5-9-21-10-6-16/h15-18,21H,1-14H2,(H,25,26). The highest BCUT2D eigenvalue weighted by molar-refractivity contribution is 5.77. The summed E-state index contributed by atoms with van der Waals surface area (Å²) in [6, 6.07) is 1.56. The Balaban J connectivity index is 1.26. The first kappa shape index (κ1) is 19.0. The highest BCUT2D eigenvalue weighted by Gasteiger charge is 2.40. The number of carboxylic acid groups (broad SMARTS) is 1. The van der Waals surface area contributed by atoms with Crippen LogP contribution in [0.2, 0.25) is 0 Å². The number of hydrogen-bond acceptors (Lipinski definition) is 4. The fourth-order valence-corrected chi connectivity index (χ4v) is 5.62. The van der Waals surface area contributed by atoms with E-state index in [2.05, 4.69) is 15.1 Å². The summed E-state index contributed by atoms with van der Waals surface area (Å²) < 4.78 is 0. The topological polar surface area (TPSA) is 76.1 Å². The van der Waals surface area contributed by atoms with Crippen molar-refractivity contribution >= 4 is 12.0 Å². The number of aliphatic carboxylic acids is 1. The Morgan fingerprint density at radius 1 is 0.778 bits per heavy atom. The summed E-state index contributed by atoms with van der Waals surface area (Å²) in [5, 5.41) is 12.6. The molecule has 7 nitrogen and oxygen atoms in total. The molecule has 1 aliphatic carbocycles. The number of carbonyl (C=O) groups is 2. The first-order valence-electron chi connectivity index (χ1n) is 10.9. The minimum Gasteiger partial charge on any atom is -0.481 e. The molecule has 7 heteroatoms. The predicted molar refractivity (Wildman–Crippen MR) is 103 cm³/mol. The van der Waals surface area contributed by atoms with E-state index in [1.165, 1.54) is 12.8 Å². The molecule has 1 saturated carbocycles. The molecule has 0 aromatic heterocycles. The van der Waals surface area contributed by atoms with Gasteiger partial charge >= 0.3 is 12.0 Å². The van der Waals surface area contributed by atoms with Gasteiger partial charge in [-0.3, -0.25) is 4.79 Å². The van der Waals surface area contributed by atoms with Crippen molar-refractivity contribution in [1.82, 2.24) is 20.0 Å². The van der Waals surface area contributed by atoms with E-state index in [0.29, 0.717) is 18.9 Å². The lowest BCUT2D eigenvalue weighted by Crippen LogP contribution is -2.51. The van der Waals surface area contributed by atoms with E-state index < -0.39 is 5.97 Å². The van der Waals surface area contributed by atoms with Crippen LogP contribution in [-0.4, -0.2) is 89.2 Å². The maximum Gasteiger partial charge on any atom is 0.320 e. The summed E-state index contributed by atoms with van der Waals surface area (Å²) in [6.07, 6.45) is 7.77. The van der Waals surface area contributed by atoms with Crippen molar-refractivity contribution in [3.05, 3.63) is 0 Å². The van der Waals surface area contributed by atoms with Crippen molar-refractivity contribution in [1.29, 1.82) is 0 Å². The van der Waals surface area contributed by atoms with Gasteiger partial charge in [0.2, 0.25) is 0 Å². The molecule has 0 radical (unpaired) electrons. The molecule has 3 heterocycles. The molecule has 3 saturated heterocycles. The predicted octanol–water partition coefficient (Wildman–Crippen LogP) is 1.58. The van der Waals surface area contributed by atoms with Crippen LogP contribution >= 0.6 is 0 Å². The lowest BCUT2D eigenvalue weighted by atomic mass is 9.85. The van der Waals surface area contributed by atoms with Crippen LogP contribution in [0.25, 0.3) is 0 Å². The van der Waals surface area contributed by atoms with E-state index in [1.807, 2.05) is 4.90 Å². The zero-order chi connectivity index (χ0) is 18.8. The van der Waals surface area contributed by atoms with Gasteiger partial charge in [0.15, 0.2) is 0 Å². The third-order valence-electron chi connectivity index (χ3n) is 7.32. The minimum atomic E-state index is -0.677. The second kappa shape index (κ2) is 8.35. The summed E-state index contributed by atoms with van der Waals surface area (Å²) in [5.74, 6) is -0.891. The van der Waals surface area contributed by atoms with Crippen LogP contribution < -0.4 is 5.32 Å². The molecular weight excluding hydrogens is 344 g/mol. The van der Waals surface area contributed by atoms with Gasteiger partial charge in [0, 0.05) is 44.3 Å². The van der Waals surface area contributed by atoms with Crippen molar-refractivity contribution < 1.29 is 14.7 Å². The molecule has 0 atom stereocenters. The fourth-order valence-electron chi connectivity index (χ4n) is 5.62. The first-order chi connectivity index (χ1) is 13.1. The average molecular weight is 379 g/mol. The minimum absolute atomic E-state index is 0.203. The quantitative estimate of drug-likeness (QED) is 0.777. The Hall–Kier alpha value is -1.34. The van der Waals surface area contributed by atoms with Crippen LogP contribution in [0.1, 0.15) is 51.4 Å². The molecule has 4 aliphatic rings. The number of rotatable bonds is 4. The molecule has 3 aliphatic heterocycles. The van der Waals surface area contributed by atoms with Gasteiger partial charge in [0.25, 0.3) is 0 Å². The highest BCUT2D eigenvalue weighted by Crippen LogP contribution is 2.31. The molecule has 152 valence electrons. The Morgan fingerprint density at radius 3 is 1.89 bits per heavy atom. The van der Waals surface area contributed by atoms with Crippen LogP contribution in [0.15, 0.2) is 0 Å². The largest absolute Gasteiger partial charge is 0.481 e. The van der Waals surface area contributed by atoms with Gasteiger partial charge < -0.3 is 25.1 Å². The van der Waals surface area contributed by atoms with E-state index in [0.717, 1.165) is 71.0 Å². The van der Waals surface area contributed by atoms with Crippen LogP contribution in [0, 0.1) is 5.92 Å². The van der Waals surface area contributed by atoms with Gasteiger partial charge in [-0.25, -0.2) is 4.79 Å². The van der Waals surface area contributed by atoms with Gasteiger partial charge in [-0.2, -0.15) is 0 Å². The smallest absolute Gasteiger partial charge is 0.320 e. The third kappa shape index (κ3) is 4.09. The fraction of sp³-hybridized carbons (Fsp3) is 0.900. The van der Waals surface area contributed by atoms with Crippen LogP contribution in [0.4, 0.5) is 4.79 Å². The summed E-state index contributed by atoms with van der Waals surface area (Å²) >= 11 is 0. The van der Waals surface area contributed by atoms with Crippen molar-refractivity contribution in [2.45, 2.75) is 69.5 Å². The highest BCUT2D eigenvalue weighted by atomic mass is 16.4. The van der Waals surface area contributed by atoms with E-state index in [4.69, 9.17) is 0 Å². The average Bonchev–Trinajstić information content (AvgIpc) is 3.10. The number of amides is 2. The Labute approximate surface area is 162 Å². The normalized spacial score (nSPS) is 32.2. The molecular formula is C20H34N4O3. The first-order valence-corrected chi connectivity index (χ1v) is 10.9. The molecule has 0 spiro atoms. The van der Waals surface area contributed by atoms with Crippen LogP contribution in [0.5, 0.6) is 0 Å². The summed E-state index contributed by atoms with van der Waals surface area (Å²) in [4.78, 5) is 31.0. The molecule has 0 aromatic rings. The maximum absolute atomic E-state index is 13.0. The number of nitrogens with one attached hydrogen (secondary N) is 1. The zero-order valence-electron chi connectivity index (χ0n) is 16.3. The van der Waals surface area contributed by atoms with Gasteiger partial charge in [-0.05, 0) is 64.5 Å². The van der Waals surface area contributed by atoms with Crippen molar-refractivity contribution in [3.63, 3.8) is 0 Å². The molecule has 2 amide bonds. The number of nitrogens with zero attached hydrogens (tertiary/aromatic N) is 3.